The molecule has 0 radical (unpaired) electrons. The SMILES string of the molecule is O=C(OCCOCCOCCO)N(C(=O)c1ncc[nH]1)C(=O)c1ncc[nH]1. The molecule has 0 bridgehead atoms. The van der Waals surface area contributed by atoms with Crippen LogP contribution in [0.4, 0.5) is 4.79 Å². The number of hydrogen-bond donors (Lipinski definition) is 3. The average molecular weight is 381 g/mol. The number of nitrogens with one attached hydrogen (secondary N) is 2. The van der Waals surface area contributed by atoms with Crippen molar-refractivity contribution >= 4 is 17.9 Å². The summed E-state index contributed by atoms with van der Waals surface area (Å²) >= 11 is 0. The maximum atomic E-state index is 12.4. The molecule has 27 heavy (non-hydrogen) atoms. The van der Waals surface area contributed by atoms with Crippen LogP contribution in [0.1, 0.15) is 21.2 Å². The second-order valence-electron chi connectivity index (χ2n) is 4.88. The summed E-state index contributed by atoms with van der Waals surface area (Å²) in [7, 11) is 0. The molecule has 0 aliphatic rings. The van der Waals surface area contributed by atoms with E-state index in [9.17, 15) is 14.4 Å². The van der Waals surface area contributed by atoms with E-state index in [1.807, 2.05) is 0 Å². The van der Waals surface area contributed by atoms with Gasteiger partial charge in [-0.1, -0.05) is 0 Å². The molecule has 0 atom stereocenters. The minimum absolute atomic E-state index is 0.0337. The molecule has 0 saturated carbocycles. The Kier molecular flexibility index (Phi) is 8.09. The minimum atomic E-state index is -1.18. The van der Waals surface area contributed by atoms with Gasteiger partial charge < -0.3 is 29.3 Å². The number of rotatable bonds is 10. The fourth-order valence-corrected chi connectivity index (χ4v) is 1.87. The van der Waals surface area contributed by atoms with Gasteiger partial charge in [0.15, 0.2) is 11.6 Å². The molecular formula is C15H19N5O7. The fraction of sp³-hybridized carbons (Fsp3) is 0.400. The highest BCUT2D eigenvalue weighted by Gasteiger charge is 2.34. The number of hydrogen-bond acceptors (Lipinski definition) is 9. The van der Waals surface area contributed by atoms with Crippen LogP contribution in [0.5, 0.6) is 0 Å². The van der Waals surface area contributed by atoms with Crippen molar-refractivity contribution in [2.24, 2.45) is 0 Å². The highest BCUT2D eigenvalue weighted by molar-refractivity contribution is 6.17. The number of aliphatic hydroxyl groups is 1. The third-order valence-corrected chi connectivity index (χ3v) is 3.05. The van der Waals surface area contributed by atoms with Crippen molar-refractivity contribution in [3.63, 3.8) is 0 Å². The number of amides is 3. The first kappa shape index (κ1) is 20.2. The van der Waals surface area contributed by atoms with Gasteiger partial charge in [-0.3, -0.25) is 9.59 Å². The highest BCUT2D eigenvalue weighted by Crippen LogP contribution is 2.07. The normalized spacial score (nSPS) is 10.6. The van der Waals surface area contributed by atoms with E-state index in [1.165, 1.54) is 24.8 Å². The second kappa shape index (κ2) is 10.8. The number of ether oxygens (including phenoxy) is 3. The molecule has 0 saturated heterocycles. The van der Waals surface area contributed by atoms with E-state index in [-0.39, 0.29) is 51.3 Å². The Bertz CT molecular complexity index is 671. The zero-order chi connectivity index (χ0) is 19.5. The monoisotopic (exact) mass is 381 g/mol. The van der Waals surface area contributed by atoms with Crippen molar-refractivity contribution in [1.82, 2.24) is 24.8 Å². The third kappa shape index (κ3) is 5.99. The van der Waals surface area contributed by atoms with Crippen LogP contribution in [0.2, 0.25) is 0 Å². The molecule has 0 aliphatic heterocycles. The molecule has 2 aromatic rings. The lowest BCUT2D eigenvalue weighted by molar-refractivity contribution is 0.0142. The van der Waals surface area contributed by atoms with Crippen molar-refractivity contribution in [2.75, 3.05) is 39.6 Å². The van der Waals surface area contributed by atoms with Gasteiger partial charge in [0.2, 0.25) is 0 Å². The van der Waals surface area contributed by atoms with E-state index in [1.54, 1.807) is 0 Å². The molecule has 2 rings (SSSR count). The van der Waals surface area contributed by atoms with E-state index in [4.69, 9.17) is 19.3 Å². The van der Waals surface area contributed by atoms with Crippen LogP contribution >= 0.6 is 0 Å². The summed E-state index contributed by atoms with van der Waals surface area (Å²) in [6, 6.07) is 0. The molecule has 0 aromatic carbocycles. The number of imidazole rings is 2. The Morgan fingerprint density at radius 2 is 1.41 bits per heavy atom. The van der Waals surface area contributed by atoms with Gasteiger partial charge in [0.1, 0.15) is 6.61 Å². The quantitative estimate of drug-likeness (QED) is 0.367. The zero-order valence-electron chi connectivity index (χ0n) is 14.3. The molecule has 3 N–H and O–H groups in total. The van der Waals surface area contributed by atoms with Crippen molar-refractivity contribution in [1.29, 1.82) is 0 Å². The summed E-state index contributed by atoms with van der Waals surface area (Å²) in [6.07, 6.45) is 4.18. The lowest BCUT2D eigenvalue weighted by Gasteiger charge is -2.16. The standard InChI is InChI=1S/C15H19N5O7/c21-5-6-25-7-8-26-9-10-27-15(24)20(13(22)11-16-1-2-17-11)14(23)12-18-3-4-19-12/h1-4,21H,5-10H2,(H,16,17)(H,18,19). The summed E-state index contributed by atoms with van der Waals surface area (Å²) in [5, 5.41) is 8.55. The molecule has 12 heteroatoms. The molecule has 0 spiro atoms. The molecule has 0 aliphatic carbocycles. The van der Waals surface area contributed by atoms with E-state index in [0.29, 0.717) is 4.90 Å². The Morgan fingerprint density at radius 1 is 0.889 bits per heavy atom. The lowest BCUT2D eigenvalue weighted by atomic mass is 10.4. The maximum absolute atomic E-state index is 12.4. The number of aliphatic hydroxyl groups excluding tert-OH is 1. The van der Waals surface area contributed by atoms with Gasteiger partial charge in [0, 0.05) is 24.8 Å². The molecule has 2 heterocycles. The molecule has 12 nitrogen and oxygen atoms in total. The van der Waals surface area contributed by atoms with E-state index in [2.05, 4.69) is 19.9 Å². The van der Waals surface area contributed by atoms with Crippen LogP contribution in [0.3, 0.4) is 0 Å². The van der Waals surface area contributed by atoms with Gasteiger partial charge in [0.25, 0.3) is 0 Å². The minimum Gasteiger partial charge on any atom is -0.446 e. The fourth-order valence-electron chi connectivity index (χ4n) is 1.87. The van der Waals surface area contributed by atoms with Gasteiger partial charge in [-0.15, -0.1) is 0 Å². The summed E-state index contributed by atoms with van der Waals surface area (Å²) in [5.41, 5.74) is 0. The number of nitrogens with zero attached hydrogens (tertiary/aromatic N) is 3. The summed E-state index contributed by atoms with van der Waals surface area (Å²) in [4.78, 5) is 49.9. The number of imide groups is 3. The van der Waals surface area contributed by atoms with Crippen LogP contribution in [-0.4, -0.2) is 87.5 Å². The topological polar surface area (TPSA) is 160 Å². The summed E-state index contributed by atoms with van der Waals surface area (Å²) < 4.78 is 15.1. The van der Waals surface area contributed by atoms with Gasteiger partial charge in [-0.25, -0.2) is 14.8 Å². The Hall–Kier alpha value is -3.09. The number of carbonyl (C=O) groups is 3. The number of aromatic amines is 2. The molecule has 3 amide bonds. The second-order valence-corrected chi connectivity index (χ2v) is 4.88. The van der Waals surface area contributed by atoms with Crippen LogP contribution in [-0.2, 0) is 14.2 Å². The number of aromatic nitrogens is 4. The van der Waals surface area contributed by atoms with E-state index in [0.717, 1.165) is 0 Å². The molecule has 0 unspecified atom stereocenters. The first-order valence-electron chi connectivity index (χ1n) is 7.95. The number of H-pyrrole nitrogens is 2. The maximum Gasteiger partial charge on any atom is 0.424 e. The predicted molar refractivity (Wildman–Crippen MR) is 87.7 cm³/mol. The van der Waals surface area contributed by atoms with Gasteiger partial charge >= 0.3 is 17.9 Å². The lowest BCUT2D eigenvalue weighted by Crippen LogP contribution is -2.43. The Morgan fingerprint density at radius 3 is 1.89 bits per heavy atom. The summed E-state index contributed by atoms with van der Waals surface area (Å²) in [6.45, 7) is 0.475. The zero-order valence-corrected chi connectivity index (χ0v) is 14.3. The van der Waals surface area contributed by atoms with Crippen LogP contribution in [0.25, 0.3) is 0 Å². The van der Waals surface area contributed by atoms with Gasteiger partial charge in [-0.05, 0) is 0 Å². The third-order valence-electron chi connectivity index (χ3n) is 3.05. The largest absolute Gasteiger partial charge is 0.446 e. The molecule has 0 fully saturated rings. The predicted octanol–water partition coefficient (Wildman–Crippen LogP) is -0.422. The molecular weight excluding hydrogens is 362 g/mol. The molecule has 2 aromatic heterocycles. The van der Waals surface area contributed by atoms with E-state index < -0.39 is 17.9 Å². The first-order chi connectivity index (χ1) is 13.1. The molecule has 146 valence electrons. The smallest absolute Gasteiger partial charge is 0.424 e. The Balaban J connectivity index is 1.90. The van der Waals surface area contributed by atoms with Crippen LogP contribution < -0.4 is 0 Å². The average Bonchev–Trinajstić information content (AvgIpc) is 3.38. The first-order valence-corrected chi connectivity index (χ1v) is 7.95. The van der Waals surface area contributed by atoms with Crippen molar-refractivity contribution in [3.8, 4) is 0 Å². The number of carbonyl (C=O) groups excluding carboxylic acids is 3. The van der Waals surface area contributed by atoms with Crippen LogP contribution in [0.15, 0.2) is 24.8 Å². The van der Waals surface area contributed by atoms with Gasteiger partial charge in [0.05, 0.1) is 33.0 Å². The van der Waals surface area contributed by atoms with Gasteiger partial charge in [-0.2, -0.15) is 4.90 Å². The Labute approximate surface area is 153 Å². The summed E-state index contributed by atoms with van der Waals surface area (Å²) in [5.74, 6) is -2.37. The van der Waals surface area contributed by atoms with Crippen molar-refractivity contribution in [3.05, 3.63) is 36.4 Å². The van der Waals surface area contributed by atoms with Crippen molar-refractivity contribution in [2.45, 2.75) is 0 Å². The van der Waals surface area contributed by atoms with Crippen LogP contribution in [0, 0.1) is 0 Å². The highest BCUT2D eigenvalue weighted by atomic mass is 16.6. The van der Waals surface area contributed by atoms with E-state index >= 15 is 0 Å². The van der Waals surface area contributed by atoms with Crippen molar-refractivity contribution < 1.29 is 33.7 Å².